The number of amides is 1. The summed E-state index contributed by atoms with van der Waals surface area (Å²) in [5.41, 5.74) is 0. The quantitative estimate of drug-likeness (QED) is 0.674. The Hall–Kier alpha value is -0.620. The molecule has 0 saturated carbocycles. The molecular weight excluding hydrogens is 216 g/mol. The smallest absolute Gasteiger partial charge is 0.233 e. The predicted molar refractivity (Wildman–Crippen MR) is 58.4 cm³/mol. The Morgan fingerprint density at radius 3 is 2.47 bits per heavy atom. The fourth-order valence-electron chi connectivity index (χ4n) is 1.59. The molecule has 1 heterocycles. The van der Waals surface area contributed by atoms with Gasteiger partial charge in [0.1, 0.15) is 9.84 Å². The van der Waals surface area contributed by atoms with E-state index in [9.17, 15) is 13.2 Å². The molecule has 0 radical (unpaired) electrons. The second kappa shape index (κ2) is 5.46. The highest BCUT2D eigenvalue weighted by molar-refractivity contribution is 7.91. The van der Waals surface area contributed by atoms with E-state index in [2.05, 4.69) is 10.6 Å². The highest BCUT2D eigenvalue weighted by atomic mass is 32.2. The Morgan fingerprint density at radius 2 is 1.93 bits per heavy atom. The van der Waals surface area contributed by atoms with E-state index < -0.39 is 9.84 Å². The molecule has 1 aliphatic rings. The highest BCUT2D eigenvalue weighted by Gasteiger charge is 2.23. The summed E-state index contributed by atoms with van der Waals surface area (Å²) in [4.78, 5) is 11.1. The minimum atomic E-state index is -2.81. The number of hydrogen-bond acceptors (Lipinski definition) is 4. The lowest BCUT2D eigenvalue weighted by Gasteiger charge is -2.22. The summed E-state index contributed by atoms with van der Waals surface area (Å²) < 4.78 is 22.3. The summed E-state index contributed by atoms with van der Waals surface area (Å²) in [6.45, 7) is 2.77. The first kappa shape index (κ1) is 12.4. The van der Waals surface area contributed by atoms with E-state index in [4.69, 9.17) is 0 Å². The van der Waals surface area contributed by atoms with Crippen LogP contribution in [0.4, 0.5) is 0 Å². The van der Waals surface area contributed by atoms with Crippen LogP contribution in [0.1, 0.15) is 19.8 Å². The molecular formula is C9H18N2O3S. The van der Waals surface area contributed by atoms with Crippen molar-refractivity contribution in [1.29, 1.82) is 0 Å². The van der Waals surface area contributed by atoms with E-state index in [0.29, 0.717) is 19.4 Å². The lowest BCUT2D eigenvalue weighted by Crippen LogP contribution is -2.42. The zero-order valence-corrected chi connectivity index (χ0v) is 9.77. The van der Waals surface area contributed by atoms with Gasteiger partial charge in [0.25, 0.3) is 0 Å². The molecule has 15 heavy (non-hydrogen) atoms. The van der Waals surface area contributed by atoms with Crippen LogP contribution in [-0.2, 0) is 14.6 Å². The van der Waals surface area contributed by atoms with Gasteiger partial charge in [-0.1, -0.05) is 0 Å². The van der Waals surface area contributed by atoms with Crippen LogP contribution < -0.4 is 10.6 Å². The molecule has 1 fully saturated rings. The van der Waals surface area contributed by atoms with Gasteiger partial charge in [0, 0.05) is 12.6 Å². The molecule has 0 aromatic rings. The van der Waals surface area contributed by atoms with E-state index in [1.165, 1.54) is 0 Å². The molecule has 0 bridgehead atoms. The maximum Gasteiger partial charge on any atom is 0.233 e. The Balaban J connectivity index is 2.22. The molecule has 88 valence electrons. The monoisotopic (exact) mass is 234 g/mol. The van der Waals surface area contributed by atoms with Crippen molar-refractivity contribution >= 4 is 15.7 Å². The van der Waals surface area contributed by atoms with Crippen LogP contribution >= 0.6 is 0 Å². The minimum absolute atomic E-state index is 0.0362. The number of rotatable bonds is 4. The normalized spacial score (nSPS) is 21.1. The largest absolute Gasteiger partial charge is 0.355 e. The maximum absolute atomic E-state index is 11.1. The third kappa shape index (κ3) is 4.61. The first-order valence-corrected chi connectivity index (χ1v) is 7.06. The van der Waals surface area contributed by atoms with Crippen molar-refractivity contribution < 1.29 is 13.2 Å². The molecule has 1 saturated heterocycles. The van der Waals surface area contributed by atoms with E-state index in [-0.39, 0.29) is 30.0 Å². The number of likely N-dealkylation sites (N-methyl/N-ethyl adjacent to an activating group) is 1. The summed E-state index contributed by atoms with van der Waals surface area (Å²) >= 11 is 0. The first-order valence-electron chi connectivity index (χ1n) is 5.24. The van der Waals surface area contributed by atoms with Gasteiger partial charge in [-0.3, -0.25) is 4.79 Å². The molecule has 0 aromatic carbocycles. The Kier molecular flexibility index (Phi) is 4.53. The topological polar surface area (TPSA) is 75.3 Å². The molecule has 1 amide bonds. The summed E-state index contributed by atoms with van der Waals surface area (Å²) in [6, 6.07) is 0.163. The van der Waals surface area contributed by atoms with Crippen LogP contribution in [0.15, 0.2) is 0 Å². The second-order valence-electron chi connectivity index (χ2n) is 3.76. The van der Waals surface area contributed by atoms with Crippen LogP contribution in [0.25, 0.3) is 0 Å². The van der Waals surface area contributed by atoms with Gasteiger partial charge < -0.3 is 10.6 Å². The van der Waals surface area contributed by atoms with Crippen LogP contribution in [0.3, 0.4) is 0 Å². The van der Waals surface area contributed by atoms with Crippen molar-refractivity contribution in [1.82, 2.24) is 10.6 Å². The van der Waals surface area contributed by atoms with Gasteiger partial charge in [-0.05, 0) is 19.8 Å². The second-order valence-corrected chi connectivity index (χ2v) is 6.06. The zero-order valence-electron chi connectivity index (χ0n) is 8.95. The molecule has 5 nitrogen and oxygen atoms in total. The van der Waals surface area contributed by atoms with Crippen molar-refractivity contribution in [2.24, 2.45) is 0 Å². The van der Waals surface area contributed by atoms with Crippen LogP contribution in [0.2, 0.25) is 0 Å². The van der Waals surface area contributed by atoms with E-state index >= 15 is 0 Å². The number of sulfone groups is 1. The van der Waals surface area contributed by atoms with E-state index in [1.54, 1.807) is 0 Å². The fraction of sp³-hybridized carbons (Fsp3) is 0.889. The van der Waals surface area contributed by atoms with Gasteiger partial charge in [0.15, 0.2) is 0 Å². The summed E-state index contributed by atoms with van der Waals surface area (Å²) in [7, 11) is -2.81. The summed E-state index contributed by atoms with van der Waals surface area (Å²) in [5.74, 6) is 0.436. The SMILES string of the molecule is CCNC(=O)CNC1CCS(=O)(=O)CC1. The average molecular weight is 234 g/mol. The minimum Gasteiger partial charge on any atom is -0.355 e. The Labute approximate surface area is 90.5 Å². The average Bonchev–Trinajstić information content (AvgIpc) is 2.17. The van der Waals surface area contributed by atoms with E-state index in [0.717, 1.165) is 0 Å². The maximum atomic E-state index is 11.1. The number of nitrogens with one attached hydrogen (secondary N) is 2. The van der Waals surface area contributed by atoms with Crippen molar-refractivity contribution in [3.63, 3.8) is 0 Å². The van der Waals surface area contributed by atoms with Crippen molar-refractivity contribution in [2.75, 3.05) is 24.6 Å². The van der Waals surface area contributed by atoms with Crippen LogP contribution in [0, 0.1) is 0 Å². The number of carbonyl (C=O) groups is 1. The van der Waals surface area contributed by atoms with Gasteiger partial charge >= 0.3 is 0 Å². The summed E-state index contributed by atoms with van der Waals surface area (Å²) in [6.07, 6.45) is 1.23. The van der Waals surface area contributed by atoms with Gasteiger partial charge in [0.2, 0.25) is 5.91 Å². The van der Waals surface area contributed by atoms with Crippen LogP contribution in [-0.4, -0.2) is 45.0 Å². The van der Waals surface area contributed by atoms with E-state index in [1.807, 2.05) is 6.92 Å². The molecule has 0 aliphatic carbocycles. The molecule has 1 aliphatic heterocycles. The predicted octanol–water partition coefficient (Wildman–Crippen LogP) is -0.711. The molecule has 0 atom stereocenters. The molecule has 0 spiro atoms. The van der Waals surface area contributed by atoms with Crippen molar-refractivity contribution in [2.45, 2.75) is 25.8 Å². The van der Waals surface area contributed by atoms with Crippen molar-refractivity contribution in [3.05, 3.63) is 0 Å². The van der Waals surface area contributed by atoms with Crippen molar-refractivity contribution in [3.8, 4) is 0 Å². The molecule has 1 rings (SSSR count). The molecule has 0 unspecified atom stereocenters. The van der Waals surface area contributed by atoms with Gasteiger partial charge in [-0.25, -0.2) is 8.42 Å². The van der Waals surface area contributed by atoms with Crippen LogP contribution in [0.5, 0.6) is 0 Å². The fourth-order valence-corrected chi connectivity index (χ4v) is 3.08. The molecule has 2 N–H and O–H groups in total. The molecule has 0 aromatic heterocycles. The first-order chi connectivity index (χ1) is 7.03. The Morgan fingerprint density at radius 1 is 1.33 bits per heavy atom. The number of carbonyl (C=O) groups excluding carboxylic acids is 1. The zero-order chi connectivity index (χ0) is 11.3. The third-order valence-corrected chi connectivity index (χ3v) is 4.20. The standard InChI is InChI=1S/C9H18N2O3S/c1-2-10-9(12)7-11-8-3-5-15(13,14)6-4-8/h8,11H,2-7H2,1H3,(H,10,12). The Bertz CT molecular complexity index is 299. The number of hydrogen-bond donors (Lipinski definition) is 2. The lowest BCUT2D eigenvalue weighted by molar-refractivity contribution is -0.120. The van der Waals surface area contributed by atoms with Gasteiger partial charge in [-0.15, -0.1) is 0 Å². The highest BCUT2D eigenvalue weighted by Crippen LogP contribution is 2.11. The van der Waals surface area contributed by atoms with Gasteiger partial charge in [0.05, 0.1) is 18.1 Å². The molecule has 6 heteroatoms. The third-order valence-electron chi connectivity index (χ3n) is 2.48. The van der Waals surface area contributed by atoms with Gasteiger partial charge in [-0.2, -0.15) is 0 Å². The lowest BCUT2D eigenvalue weighted by atomic mass is 10.1. The summed E-state index contributed by atoms with van der Waals surface area (Å²) in [5, 5.41) is 5.75.